The molecular weight excluding hydrogens is 680 g/mol. The normalized spacial score (nSPS) is 19.8. The molecule has 1 aromatic carbocycles. The number of ether oxygens (including phenoxy) is 6. The van der Waals surface area contributed by atoms with Crippen molar-refractivity contribution in [2.45, 2.75) is 90.8 Å². The van der Waals surface area contributed by atoms with Crippen molar-refractivity contribution in [3.05, 3.63) is 41.5 Å². The van der Waals surface area contributed by atoms with Crippen molar-refractivity contribution in [2.75, 3.05) is 64.7 Å². The number of carbonyl (C=O) groups excluding carboxylic acids is 4. The summed E-state index contributed by atoms with van der Waals surface area (Å²) < 4.78 is 32.8. The van der Waals surface area contributed by atoms with E-state index in [9.17, 15) is 34.5 Å². The van der Waals surface area contributed by atoms with Crippen molar-refractivity contribution < 1.29 is 62.9 Å². The number of esters is 1. The lowest BCUT2D eigenvalue weighted by molar-refractivity contribution is -0.127. The molecule has 0 saturated heterocycles. The van der Waals surface area contributed by atoms with Gasteiger partial charge in [-0.15, -0.1) is 0 Å². The molecule has 292 valence electrons. The van der Waals surface area contributed by atoms with Gasteiger partial charge in [-0.25, -0.2) is 14.4 Å². The number of benzene rings is 1. The fourth-order valence-electron chi connectivity index (χ4n) is 4.68. The van der Waals surface area contributed by atoms with Gasteiger partial charge in [0.15, 0.2) is 5.78 Å². The number of methoxy groups -OCH3 is 1. The van der Waals surface area contributed by atoms with Gasteiger partial charge in [0.05, 0.1) is 44.8 Å². The number of ketones is 1. The Morgan fingerprint density at radius 3 is 2.06 bits per heavy atom. The molecule has 1 aliphatic heterocycles. The number of hydrogen-bond donors (Lipinski definition) is 3. The molecule has 0 fully saturated rings. The minimum Gasteiger partial charge on any atom is -0.507 e. The van der Waals surface area contributed by atoms with Crippen molar-refractivity contribution in [3.8, 4) is 5.75 Å². The van der Waals surface area contributed by atoms with Gasteiger partial charge < -0.3 is 48.6 Å². The second-order valence-electron chi connectivity index (χ2n) is 14.2. The fraction of sp³-hybridized carbons (Fsp3) is 0.622. The van der Waals surface area contributed by atoms with Crippen LogP contribution >= 0.6 is 0 Å². The summed E-state index contributed by atoms with van der Waals surface area (Å²) in [5.74, 6) is -2.08. The van der Waals surface area contributed by atoms with Crippen LogP contribution in [0.2, 0.25) is 0 Å². The molecule has 0 aliphatic carbocycles. The summed E-state index contributed by atoms with van der Waals surface area (Å²) in [6.07, 6.45) is 0.00573. The summed E-state index contributed by atoms with van der Waals surface area (Å²) in [5, 5.41) is 31.9. The van der Waals surface area contributed by atoms with Crippen molar-refractivity contribution >= 4 is 35.7 Å². The Bertz CT molecular complexity index is 1400. The highest BCUT2D eigenvalue weighted by molar-refractivity contribution is 5.99. The highest BCUT2D eigenvalue weighted by atomic mass is 16.6. The maximum Gasteiger partial charge on any atom is 0.414 e. The molecule has 1 aliphatic rings. The Hall–Kier alpha value is -4.02. The van der Waals surface area contributed by atoms with E-state index in [2.05, 4.69) is 0 Å². The van der Waals surface area contributed by atoms with E-state index < -0.39 is 59.2 Å². The number of nitrogens with zero attached hydrogens (tertiary/aromatic N) is 2. The second kappa shape index (κ2) is 20.9. The van der Waals surface area contributed by atoms with Gasteiger partial charge in [0.1, 0.15) is 34.7 Å². The monoisotopic (exact) mass is 736 g/mol. The third kappa shape index (κ3) is 15.7. The quantitative estimate of drug-likeness (QED) is 0.148. The predicted octanol–water partition coefficient (Wildman–Crippen LogP) is 4.25. The standard InChI is InChI=1S/C37H56N2O13/c1-25-11-9-13-28(40)32(43)29(41)14-10-12-26-23-27(24-30(42)31(26)33(44)50-25)39(35(46)52-37(5,6)7)16-15-38(34(45)51-36(2,3)4)17-18-48-21-22-49-20-19-47-8/h9-10,12-13,23-25,29,32,41-43H,11,14-22H2,1-8H3/b12-10+,13-9-. The molecule has 0 saturated carbocycles. The molecule has 2 rings (SSSR count). The van der Waals surface area contributed by atoms with Crippen LogP contribution in [0.1, 0.15) is 77.2 Å². The SMILES string of the molecule is COCCOCCOCCN(CCN(C(=O)OC(C)(C)C)c1cc(O)c2c(c1)/C=C/CC(O)C(O)C(=O)/C=C\CC(C)OC2=O)C(=O)OC(C)(C)C. The topological polar surface area (TPSA) is 191 Å². The Morgan fingerprint density at radius 1 is 0.827 bits per heavy atom. The van der Waals surface area contributed by atoms with E-state index in [-0.39, 0.29) is 62.5 Å². The smallest absolute Gasteiger partial charge is 0.414 e. The Balaban J connectivity index is 2.49. The van der Waals surface area contributed by atoms with Gasteiger partial charge in [0.2, 0.25) is 0 Å². The lowest BCUT2D eigenvalue weighted by atomic mass is 10.0. The van der Waals surface area contributed by atoms with E-state index in [1.54, 1.807) is 55.6 Å². The summed E-state index contributed by atoms with van der Waals surface area (Å²) in [5.41, 5.74) is -1.70. The molecule has 1 heterocycles. The van der Waals surface area contributed by atoms with Crippen LogP contribution in [-0.2, 0) is 33.2 Å². The number of phenols is 1. The van der Waals surface area contributed by atoms with Gasteiger partial charge in [-0.3, -0.25) is 9.69 Å². The number of aliphatic hydroxyl groups excluding tert-OH is 2. The van der Waals surface area contributed by atoms with Gasteiger partial charge >= 0.3 is 18.2 Å². The fourth-order valence-corrected chi connectivity index (χ4v) is 4.68. The Labute approximate surface area is 306 Å². The van der Waals surface area contributed by atoms with E-state index in [1.807, 2.05) is 0 Å². The van der Waals surface area contributed by atoms with Crippen LogP contribution in [-0.4, -0.2) is 133 Å². The first-order valence-corrected chi connectivity index (χ1v) is 17.3. The van der Waals surface area contributed by atoms with Gasteiger partial charge in [0, 0.05) is 39.2 Å². The third-order valence-electron chi connectivity index (χ3n) is 7.21. The highest BCUT2D eigenvalue weighted by Gasteiger charge is 2.30. The Kier molecular flexibility index (Phi) is 17.7. The van der Waals surface area contributed by atoms with Gasteiger partial charge in [-0.1, -0.05) is 18.2 Å². The summed E-state index contributed by atoms with van der Waals surface area (Å²) in [7, 11) is 1.58. The second-order valence-corrected chi connectivity index (χ2v) is 14.2. The number of hydrogen-bond acceptors (Lipinski definition) is 13. The summed E-state index contributed by atoms with van der Waals surface area (Å²) in [6.45, 7) is 13.4. The summed E-state index contributed by atoms with van der Waals surface area (Å²) in [4.78, 5) is 55.1. The molecule has 3 N–H and O–H groups in total. The van der Waals surface area contributed by atoms with Gasteiger partial charge in [0.25, 0.3) is 0 Å². The van der Waals surface area contributed by atoms with E-state index >= 15 is 0 Å². The molecule has 0 aromatic heterocycles. The first kappa shape index (κ1) is 44.1. The zero-order chi connectivity index (χ0) is 39.1. The molecule has 0 bridgehead atoms. The van der Waals surface area contributed by atoms with Crippen molar-refractivity contribution in [3.63, 3.8) is 0 Å². The van der Waals surface area contributed by atoms with Crippen LogP contribution in [0.5, 0.6) is 5.75 Å². The minimum atomic E-state index is -1.68. The number of fused-ring (bicyclic) bond motifs is 1. The van der Waals surface area contributed by atoms with E-state index in [0.29, 0.717) is 19.8 Å². The Morgan fingerprint density at radius 2 is 1.42 bits per heavy atom. The minimum absolute atomic E-state index is 0.0409. The van der Waals surface area contributed by atoms with Crippen LogP contribution in [0.25, 0.3) is 6.08 Å². The first-order valence-electron chi connectivity index (χ1n) is 17.3. The molecule has 15 heteroatoms. The van der Waals surface area contributed by atoms with E-state index in [0.717, 1.165) is 6.08 Å². The summed E-state index contributed by atoms with van der Waals surface area (Å²) in [6, 6.07) is 2.67. The van der Waals surface area contributed by atoms with Crippen LogP contribution in [0.15, 0.2) is 30.4 Å². The number of phenolic OH excluding ortho intramolecular Hbond substituents is 1. The molecule has 3 unspecified atom stereocenters. The first-order chi connectivity index (χ1) is 24.3. The van der Waals surface area contributed by atoms with Crippen molar-refractivity contribution in [1.29, 1.82) is 0 Å². The average Bonchev–Trinajstić information content (AvgIpc) is 3.02. The zero-order valence-corrected chi connectivity index (χ0v) is 31.6. The molecule has 52 heavy (non-hydrogen) atoms. The number of anilines is 1. The number of rotatable bonds is 13. The van der Waals surface area contributed by atoms with Crippen LogP contribution < -0.4 is 4.90 Å². The number of carbonyl (C=O) groups is 4. The number of amides is 2. The number of cyclic esters (lactones) is 1. The number of aromatic hydroxyl groups is 1. The molecule has 2 amide bonds. The average molecular weight is 737 g/mol. The van der Waals surface area contributed by atoms with Crippen LogP contribution in [0.4, 0.5) is 15.3 Å². The molecule has 15 nitrogen and oxygen atoms in total. The molecule has 3 atom stereocenters. The van der Waals surface area contributed by atoms with Gasteiger partial charge in [-0.05, 0) is 72.6 Å². The lowest BCUT2D eigenvalue weighted by Crippen LogP contribution is -2.45. The van der Waals surface area contributed by atoms with Crippen LogP contribution in [0.3, 0.4) is 0 Å². The highest BCUT2D eigenvalue weighted by Crippen LogP contribution is 2.32. The summed E-state index contributed by atoms with van der Waals surface area (Å²) >= 11 is 0. The molecular formula is C37H56N2O13. The molecule has 1 aromatic rings. The number of aliphatic hydroxyl groups is 2. The predicted molar refractivity (Wildman–Crippen MR) is 192 cm³/mol. The maximum atomic E-state index is 13.7. The van der Waals surface area contributed by atoms with Gasteiger partial charge in [-0.2, -0.15) is 0 Å². The van der Waals surface area contributed by atoms with Crippen LogP contribution in [0, 0.1) is 0 Å². The lowest BCUT2D eigenvalue weighted by Gasteiger charge is -2.31. The largest absolute Gasteiger partial charge is 0.507 e. The zero-order valence-electron chi connectivity index (χ0n) is 31.6. The molecule has 0 spiro atoms. The van der Waals surface area contributed by atoms with Crippen molar-refractivity contribution in [2.24, 2.45) is 0 Å². The third-order valence-corrected chi connectivity index (χ3v) is 7.21. The maximum absolute atomic E-state index is 13.7. The molecule has 0 radical (unpaired) electrons. The van der Waals surface area contributed by atoms with E-state index in [4.69, 9.17) is 28.4 Å². The van der Waals surface area contributed by atoms with E-state index in [1.165, 1.54) is 40.2 Å². The van der Waals surface area contributed by atoms with Crippen molar-refractivity contribution in [1.82, 2.24) is 4.90 Å².